The maximum Gasteiger partial charge on any atom is 0.161 e. The van der Waals surface area contributed by atoms with Crippen molar-refractivity contribution in [2.75, 3.05) is 20.8 Å². The molecule has 0 spiro atoms. The van der Waals surface area contributed by atoms with Crippen molar-refractivity contribution in [2.45, 2.75) is 18.9 Å². The second-order valence-electron chi connectivity index (χ2n) is 5.50. The van der Waals surface area contributed by atoms with Crippen LogP contribution in [0.3, 0.4) is 0 Å². The van der Waals surface area contributed by atoms with Crippen molar-refractivity contribution < 1.29 is 14.2 Å². The summed E-state index contributed by atoms with van der Waals surface area (Å²) in [5, 5.41) is 0. The number of ether oxygens (including phenoxy) is 3. The first kappa shape index (κ1) is 15.4. The summed E-state index contributed by atoms with van der Waals surface area (Å²) in [6, 6.07) is 12.4. The molecular formula is C18H19BrO3. The normalized spacial score (nSPS) is 20.4. The summed E-state index contributed by atoms with van der Waals surface area (Å²) < 4.78 is 18.1. The lowest BCUT2D eigenvalue weighted by Crippen LogP contribution is -2.33. The molecule has 1 heterocycles. The molecule has 3 nitrogen and oxygen atoms in total. The fraction of sp³-hybridized carbons (Fsp3) is 0.333. The first-order chi connectivity index (χ1) is 10.6. The van der Waals surface area contributed by atoms with E-state index in [2.05, 4.69) is 41.1 Å². The number of hydrogen-bond donors (Lipinski definition) is 0. The van der Waals surface area contributed by atoms with Crippen LogP contribution in [0.2, 0.25) is 0 Å². The SMILES string of the molecule is COc1cc2c(cc1OC)[C@@](C)(c1ccc(Br)cc1)OCC2. The molecule has 0 amide bonds. The molecule has 3 rings (SSSR count). The Morgan fingerprint density at radius 1 is 1.05 bits per heavy atom. The van der Waals surface area contributed by atoms with Crippen LogP contribution in [-0.2, 0) is 16.8 Å². The zero-order chi connectivity index (χ0) is 15.7. The van der Waals surface area contributed by atoms with Gasteiger partial charge in [-0.25, -0.2) is 0 Å². The smallest absolute Gasteiger partial charge is 0.161 e. The molecule has 1 atom stereocenters. The maximum absolute atomic E-state index is 6.18. The van der Waals surface area contributed by atoms with E-state index in [4.69, 9.17) is 14.2 Å². The Bertz CT molecular complexity index is 681. The monoisotopic (exact) mass is 362 g/mol. The molecule has 0 aromatic heterocycles. The summed E-state index contributed by atoms with van der Waals surface area (Å²) in [5.41, 5.74) is 3.03. The highest BCUT2D eigenvalue weighted by Crippen LogP contribution is 2.43. The highest BCUT2D eigenvalue weighted by atomic mass is 79.9. The van der Waals surface area contributed by atoms with Gasteiger partial charge in [0.15, 0.2) is 11.5 Å². The highest BCUT2D eigenvalue weighted by Gasteiger charge is 2.36. The van der Waals surface area contributed by atoms with Gasteiger partial charge in [0.05, 0.1) is 20.8 Å². The fourth-order valence-electron chi connectivity index (χ4n) is 3.02. The number of halogens is 1. The largest absolute Gasteiger partial charge is 0.493 e. The third-order valence-corrected chi connectivity index (χ3v) is 4.81. The van der Waals surface area contributed by atoms with Gasteiger partial charge in [-0.05, 0) is 54.3 Å². The van der Waals surface area contributed by atoms with Crippen LogP contribution in [0, 0.1) is 0 Å². The summed E-state index contributed by atoms with van der Waals surface area (Å²) in [7, 11) is 3.32. The van der Waals surface area contributed by atoms with E-state index in [1.165, 1.54) is 5.56 Å². The van der Waals surface area contributed by atoms with Gasteiger partial charge < -0.3 is 14.2 Å². The van der Waals surface area contributed by atoms with Gasteiger partial charge in [0, 0.05) is 4.47 Å². The molecule has 0 bridgehead atoms. The molecule has 1 aliphatic heterocycles. The minimum atomic E-state index is -0.478. The third-order valence-electron chi connectivity index (χ3n) is 4.28. The highest BCUT2D eigenvalue weighted by molar-refractivity contribution is 9.10. The Balaban J connectivity index is 2.15. The first-order valence-corrected chi connectivity index (χ1v) is 8.03. The number of benzene rings is 2. The fourth-order valence-corrected chi connectivity index (χ4v) is 3.29. The van der Waals surface area contributed by atoms with E-state index in [0.29, 0.717) is 6.61 Å². The van der Waals surface area contributed by atoms with Crippen LogP contribution in [0.15, 0.2) is 40.9 Å². The standard InChI is InChI=1S/C18H19BrO3/c1-18(13-4-6-14(19)7-5-13)15-11-17(21-3)16(20-2)10-12(15)8-9-22-18/h4-7,10-11H,8-9H2,1-3H3/t18-/m1/s1. The Morgan fingerprint density at radius 3 is 2.32 bits per heavy atom. The van der Waals surface area contributed by atoms with Gasteiger partial charge in [0.25, 0.3) is 0 Å². The lowest BCUT2D eigenvalue weighted by atomic mass is 9.82. The zero-order valence-electron chi connectivity index (χ0n) is 13.0. The molecule has 0 aliphatic carbocycles. The second kappa shape index (κ2) is 5.94. The molecule has 0 N–H and O–H groups in total. The van der Waals surface area contributed by atoms with Gasteiger partial charge in [-0.15, -0.1) is 0 Å². The molecule has 0 radical (unpaired) electrons. The van der Waals surface area contributed by atoms with Crippen LogP contribution in [-0.4, -0.2) is 20.8 Å². The van der Waals surface area contributed by atoms with Crippen molar-refractivity contribution in [2.24, 2.45) is 0 Å². The van der Waals surface area contributed by atoms with Crippen LogP contribution < -0.4 is 9.47 Å². The molecule has 1 aliphatic rings. The van der Waals surface area contributed by atoms with Gasteiger partial charge in [-0.1, -0.05) is 28.1 Å². The van der Waals surface area contributed by atoms with Crippen LogP contribution in [0.4, 0.5) is 0 Å². The molecule has 2 aromatic rings. The summed E-state index contributed by atoms with van der Waals surface area (Å²) in [4.78, 5) is 0. The van der Waals surface area contributed by atoms with E-state index >= 15 is 0 Å². The summed E-state index contributed by atoms with van der Waals surface area (Å²) >= 11 is 3.48. The molecule has 4 heteroatoms. The lowest BCUT2D eigenvalue weighted by molar-refractivity contribution is -0.0144. The molecule has 0 unspecified atom stereocenters. The average Bonchev–Trinajstić information content (AvgIpc) is 2.54. The van der Waals surface area contributed by atoms with E-state index < -0.39 is 5.60 Å². The van der Waals surface area contributed by atoms with E-state index in [9.17, 15) is 0 Å². The van der Waals surface area contributed by atoms with Crippen LogP contribution in [0.5, 0.6) is 11.5 Å². The Kier molecular flexibility index (Phi) is 4.15. The van der Waals surface area contributed by atoms with Gasteiger partial charge in [0.1, 0.15) is 5.60 Å². The zero-order valence-corrected chi connectivity index (χ0v) is 14.6. The molecule has 0 saturated carbocycles. The first-order valence-electron chi connectivity index (χ1n) is 7.24. The number of hydrogen-bond acceptors (Lipinski definition) is 3. The van der Waals surface area contributed by atoms with E-state index in [0.717, 1.165) is 33.5 Å². The Morgan fingerprint density at radius 2 is 1.68 bits per heavy atom. The van der Waals surface area contributed by atoms with Crippen molar-refractivity contribution >= 4 is 15.9 Å². The van der Waals surface area contributed by atoms with Gasteiger partial charge in [-0.3, -0.25) is 0 Å². The van der Waals surface area contributed by atoms with Crippen molar-refractivity contribution in [3.8, 4) is 11.5 Å². The number of rotatable bonds is 3. The second-order valence-corrected chi connectivity index (χ2v) is 6.42. The minimum Gasteiger partial charge on any atom is -0.493 e. The van der Waals surface area contributed by atoms with Crippen LogP contribution >= 0.6 is 15.9 Å². The van der Waals surface area contributed by atoms with Gasteiger partial charge in [0.2, 0.25) is 0 Å². The predicted octanol–water partition coefficient (Wildman–Crippen LogP) is 4.30. The van der Waals surface area contributed by atoms with Gasteiger partial charge >= 0.3 is 0 Å². The topological polar surface area (TPSA) is 27.7 Å². The van der Waals surface area contributed by atoms with E-state index in [1.807, 2.05) is 18.2 Å². The minimum absolute atomic E-state index is 0.478. The molecule has 0 fully saturated rings. The van der Waals surface area contributed by atoms with Crippen molar-refractivity contribution in [1.82, 2.24) is 0 Å². The number of methoxy groups -OCH3 is 2. The molecule has 0 saturated heterocycles. The summed E-state index contributed by atoms with van der Waals surface area (Å²) in [5.74, 6) is 1.50. The molecular weight excluding hydrogens is 344 g/mol. The number of fused-ring (bicyclic) bond motifs is 1. The third kappa shape index (κ3) is 2.50. The molecule has 116 valence electrons. The average molecular weight is 363 g/mol. The van der Waals surface area contributed by atoms with Crippen molar-refractivity contribution in [3.63, 3.8) is 0 Å². The molecule has 2 aromatic carbocycles. The summed E-state index contributed by atoms with van der Waals surface area (Å²) in [6.07, 6.45) is 0.877. The van der Waals surface area contributed by atoms with Crippen LogP contribution in [0.25, 0.3) is 0 Å². The van der Waals surface area contributed by atoms with Crippen LogP contribution in [0.1, 0.15) is 23.6 Å². The summed E-state index contributed by atoms with van der Waals surface area (Å²) in [6.45, 7) is 2.80. The van der Waals surface area contributed by atoms with E-state index in [-0.39, 0.29) is 0 Å². The lowest BCUT2D eigenvalue weighted by Gasteiger charge is -2.37. The quantitative estimate of drug-likeness (QED) is 0.814. The molecule has 22 heavy (non-hydrogen) atoms. The van der Waals surface area contributed by atoms with Gasteiger partial charge in [-0.2, -0.15) is 0 Å². The Labute approximate surface area is 139 Å². The maximum atomic E-state index is 6.18. The van der Waals surface area contributed by atoms with E-state index in [1.54, 1.807) is 14.2 Å². The predicted molar refractivity (Wildman–Crippen MR) is 89.8 cm³/mol. The van der Waals surface area contributed by atoms with Crippen molar-refractivity contribution in [3.05, 3.63) is 57.6 Å². The Hall–Kier alpha value is -1.52. The van der Waals surface area contributed by atoms with Crippen molar-refractivity contribution in [1.29, 1.82) is 0 Å².